The Morgan fingerprint density at radius 3 is 2.50 bits per heavy atom. The number of benzene rings is 1. The molecule has 30 heavy (non-hydrogen) atoms. The Labute approximate surface area is 178 Å². The molecule has 160 valence electrons. The Hall–Kier alpha value is -2.80. The zero-order valence-electron chi connectivity index (χ0n) is 17.8. The number of pyridine rings is 1. The first kappa shape index (κ1) is 20.5. The molecule has 2 aliphatic heterocycles. The van der Waals surface area contributed by atoms with Crippen LogP contribution in [0, 0.1) is 5.92 Å². The highest BCUT2D eigenvalue weighted by atomic mass is 16.5. The van der Waals surface area contributed by atoms with Gasteiger partial charge in [-0.2, -0.15) is 0 Å². The molecular weight excluding hydrogens is 380 g/mol. The third kappa shape index (κ3) is 4.51. The molecule has 0 spiro atoms. The van der Waals surface area contributed by atoms with Crippen molar-refractivity contribution < 1.29 is 14.3 Å². The van der Waals surface area contributed by atoms with Gasteiger partial charge in [0.2, 0.25) is 5.91 Å². The van der Waals surface area contributed by atoms with Gasteiger partial charge >= 0.3 is 0 Å². The van der Waals surface area contributed by atoms with E-state index >= 15 is 0 Å². The molecule has 3 heterocycles. The van der Waals surface area contributed by atoms with E-state index in [9.17, 15) is 4.79 Å². The number of hydrogen-bond acceptors (Lipinski definition) is 6. The predicted molar refractivity (Wildman–Crippen MR) is 116 cm³/mol. The zero-order chi connectivity index (χ0) is 20.9. The van der Waals surface area contributed by atoms with E-state index in [0.717, 1.165) is 75.0 Å². The molecule has 7 heteroatoms. The molecule has 2 fully saturated rings. The van der Waals surface area contributed by atoms with Crippen LogP contribution in [0.1, 0.15) is 12.0 Å². The number of nitrogens with zero attached hydrogens (tertiary/aromatic N) is 4. The van der Waals surface area contributed by atoms with Gasteiger partial charge in [-0.15, -0.1) is 0 Å². The molecule has 0 N–H and O–H groups in total. The summed E-state index contributed by atoms with van der Waals surface area (Å²) in [6.07, 6.45) is 4.53. The normalized spacial score (nSPS) is 19.7. The maximum absolute atomic E-state index is 13.1. The number of rotatable bonds is 6. The maximum Gasteiger partial charge on any atom is 0.227 e. The summed E-state index contributed by atoms with van der Waals surface area (Å²) in [5.74, 6) is 2.09. The first-order chi connectivity index (χ1) is 14.7. The number of piperazine rings is 1. The molecule has 2 saturated heterocycles. The fourth-order valence-corrected chi connectivity index (χ4v) is 4.38. The van der Waals surface area contributed by atoms with E-state index in [1.54, 1.807) is 26.6 Å². The molecule has 7 nitrogen and oxygen atoms in total. The van der Waals surface area contributed by atoms with Gasteiger partial charge in [-0.3, -0.25) is 14.7 Å². The van der Waals surface area contributed by atoms with E-state index in [4.69, 9.17) is 9.47 Å². The van der Waals surface area contributed by atoms with Gasteiger partial charge in [0.1, 0.15) is 11.5 Å². The molecule has 1 unspecified atom stereocenters. The fourth-order valence-electron chi connectivity index (χ4n) is 4.38. The molecule has 1 amide bonds. The molecule has 0 saturated carbocycles. The van der Waals surface area contributed by atoms with E-state index < -0.39 is 0 Å². The molecule has 2 aliphatic rings. The second kappa shape index (κ2) is 9.34. The molecule has 0 aliphatic carbocycles. The number of anilines is 1. The van der Waals surface area contributed by atoms with Crippen molar-refractivity contribution in [3.05, 3.63) is 48.3 Å². The number of methoxy groups -OCH3 is 2. The molecule has 4 rings (SSSR count). The highest BCUT2D eigenvalue weighted by Gasteiger charge is 2.33. The number of aromatic nitrogens is 1. The standard InChI is InChI=1S/C23H30N4O3/c1-29-21-3-4-22(30-2)19(15-21)16-25-11-13-26(14-12-25)23(28)18-7-10-27(17-18)20-5-8-24-9-6-20/h3-6,8-9,15,18H,7,10-14,16-17H2,1-2H3. The Kier molecular flexibility index (Phi) is 6.38. The number of carbonyl (C=O) groups is 1. The van der Waals surface area contributed by atoms with Crippen molar-refractivity contribution in [1.29, 1.82) is 0 Å². The average molecular weight is 411 g/mol. The summed E-state index contributed by atoms with van der Waals surface area (Å²) >= 11 is 0. The number of amides is 1. The van der Waals surface area contributed by atoms with E-state index in [1.165, 1.54) is 0 Å². The van der Waals surface area contributed by atoms with Crippen molar-refractivity contribution in [2.45, 2.75) is 13.0 Å². The van der Waals surface area contributed by atoms with Gasteiger partial charge in [0, 0.05) is 69.5 Å². The van der Waals surface area contributed by atoms with Crippen LogP contribution in [0.3, 0.4) is 0 Å². The SMILES string of the molecule is COc1ccc(OC)c(CN2CCN(C(=O)C3CCN(c4ccncc4)C3)CC2)c1. The third-order valence-corrected chi connectivity index (χ3v) is 6.13. The van der Waals surface area contributed by atoms with Gasteiger partial charge in [-0.05, 0) is 36.8 Å². The van der Waals surface area contributed by atoms with Gasteiger partial charge in [-0.25, -0.2) is 0 Å². The van der Waals surface area contributed by atoms with Gasteiger partial charge in [-0.1, -0.05) is 0 Å². The first-order valence-corrected chi connectivity index (χ1v) is 10.5. The van der Waals surface area contributed by atoms with Gasteiger partial charge < -0.3 is 19.3 Å². The summed E-state index contributed by atoms with van der Waals surface area (Å²) in [5, 5.41) is 0. The van der Waals surface area contributed by atoms with Crippen molar-refractivity contribution >= 4 is 11.6 Å². The minimum atomic E-state index is 0.0863. The molecule has 1 aromatic heterocycles. The Morgan fingerprint density at radius 1 is 1.03 bits per heavy atom. The summed E-state index contributed by atoms with van der Waals surface area (Å²) < 4.78 is 10.9. The van der Waals surface area contributed by atoms with Crippen LogP contribution in [0.5, 0.6) is 11.5 Å². The van der Waals surface area contributed by atoms with Crippen LogP contribution in [-0.2, 0) is 11.3 Å². The van der Waals surface area contributed by atoms with E-state index in [-0.39, 0.29) is 5.92 Å². The topological polar surface area (TPSA) is 58.1 Å². The van der Waals surface area contributed by atoms with Crippen LogP contribution >= 0.6 is 0 Å². The summed E-state index contributed by atoms with van der Waals surface area (Å²) in [6, 6.07) is 9.91. The van der Waals surface area contributed by atoms with Crippen LogP contribution in [0.15, 0.2) is 42.7 Å². The van der Waals surface area contributed by atoms with E-state index in [2.05, 4.69) is 14.8 Å². The number of ether oxygens (including phenoxy) is 2. The molecular formula is C23H30N4O3. The third-order valence-electron chi connectivity index (χ3n) is 6.13. The second-order valence-electron chi connectivity index (χ2n) is 7.92. The molecule has 1 aromatic carbocycles. The van der Waals surface area contributed by atoms with Gasteiger partial charge in [0.25, 0.3) is 0 Å². The lowest BCUT2D eigenvalue weighted by Crippen LogP contribution is -2.50. The van der Waals surface area contributed by atoms with Crippen molar-refractivity contribution in [1.82, 2.24) is 14.8 Å². The van der Waals surface area contributed by atoms with Crippen LogP contribution in [0.2, 0.25) is 0 Å². The number of carbonyl (C=O) groups excluding carboxylic acids is 1. The van der Waals surface area contributed by atoms with Crippen LogP contribution in [0.25, 0.3) is 0 Å². The summed E-state index contributed by atoms with van der Waals surface area (Å²) in [4.78, 5) is 23.8. The van der Waals surface area contributed by atoms with Crippen molar-refractivity contribution in [2.24, 2.45) is 5.92 Å². The molecule has 2 aromatic rings. The minimum Gasteiger partial charge on any atom is -0.497 e. The lowest BCUT2D eigenvalue weighted by molar-refractivity contribution is -0.136. The van der Waals surface area contributed by atoms with Crippen molar-refractivity contribution in [3.8, 4) is 11.5 Å². The Balaban J connectivity index is 1.30. The number of hydrogen-bond donors (Lipinski definition) is 0. The summed E-state index contributed by atoms with van der Waals surface area (Å²) in [5.41, 5.74) is 2.26. The van der Waals surface area contributed by atoms with E-state index in [1.807, 2.05) is 35.2 Å². The maximum atomic E-state index is 13.1. The predicted octanol–water partition coefficient (Wildman–Crippen LogP) is 2.27. The Bertz CT molecular complexity index is 853. The monoisotopic (exact) mass is 410 g/mol. The highest BCUT2D eigenvalue weighted by Crippen LogP contribution is 2.27. The average Bonchev–Trinajstić information content (AvgIpc) is 3.30. The van der Waals surface area contributed by atoms with Gasteiger partial charge in [0.05, 0.1) is 20.1 Å². The highest BCUT2D eigenvalue weighted by molar-refractivity contribution is 5.80. The fraction of sp³-hybridized carbons (Fsp3) is 0.478. The van der Waals surface area contributed by atoms with Crippen LogP contribution in [0.4, 0.5) is 5.69 Å². The van der Waals surface area contributed by atoms with Crippen molar-refractivity contribution in [2.75, 3.05) is 58.4 Å². The second-order valence-corrected chi connectivity index (χ2v) is 7.92. The van der Waals surface area contributed by atoms with Crippen molar-refractivity contribution in [3.63, 3.8) is 0 Å². The minimum absolute atomic E-state index is 0.0863. The van der Waals surface area contributed by atoms with Gasteiger partial charge in [0.15, 0.2) is 0 Å². The lowest BCUT2D eigenvalue weighted by Gasteiger charge is -2.36. The molecule has 0 radical (unpaired) electrons. The lowest BCUT2D eigenvalue weighted by atomic mass is 10.1. The zero-order valence-corrected chi connectivity index (χ0v) is 17.8. The van der Waals surface area contributed by atoms with Crippen LogP contribution in [-0.4, -0.2) is 74.2 Å². The van der Waals surface area contributed by atoms with E-state index in [0.29, 0.717) is 5.91 Å². The summed E-state index contributed by atoms with van der Waals surface area (Å²) in [7, 11) is 3.37. The first-order valence-electron chi connectivity index (χ1n) is 10.5. The summed E-state index contributed by atoms with van der Waals surface area (Å²) in [6.45, 7) is 5.80. The van der Waals surface area contributed by atoms with Crippen LogP contribution < -0.4 is 14.4 Å². The quantitative estimate of drug-likeness (QED) is 0.728. The Morgan fingerprint density at radius 2 is 1.80 bits per heavy atom. The largest absolute Gasteiger partial charge is 0.497 e. The molecule has 1 atom stereocenters. The molecule has 0 bridgehead atoms. The smallest absolute Gasteiger partial charge is 0.227 e.